The highest BCUT2D eigenvalue weighted by Crippen LogP contribution is 2.18. The lowest BCUT2D eigenvalue weighted by atomic mass is 10.1. The highest BCUT2D eigenvalue weighted by molar-refractivity contribution is 5.80. The van der Waals surface area contributed by atoms with Gasteiger partial charge in [0.05, 0.1) is 6.54 Å². The van der Waals surface area contributed by atoms with Crippen molar-refractivity contribution in [3.63, 3.8) is 0 Å². The van der Waals surface area contributed by atoms with Gasteiger partial charge in [-0.05, 0) is 51.9 Å². The van der Waals surface area contributed by atoms with Gasteiger partial charge in [-0.15, -0.1) is 0 Å². The van der Waals surface area contributed by atoms with Gasteiger partial charge in [-0.1, -0.05) is 31.2 Å². The Morgan fingerprint density at radius 2 is 1.92 bits per heavy atom. The van der Waals surface area contributed by atoms with Gasteiger partial charge in [-0.3, -0.25) is 4.90 Å². The predicted octanol–water partition coefficient (Wildman–Crippen LogP) is 2.53. The zero-order valence-corrected chi connectivity index (χ0v) is 17.4. The van der Waals surface area contributed by atoms with Gasteiger partial charge in [0, 0.05) is 38.3 Å². The first kappa shape index (κ1) is 20.7. The number of nitrogens with one attached hydrogen (secondary N) is 2. The number of hydrogen-bond donors (Lipinski definition) is 2. The van der Waals surface area contributed by atoms with Crippen molar-refractivity contribution in [2.75, 3.05) is 33.7 Å². The maximum Gasteiger partial charge on any atom is 0.191 e. The number of benzene rings is 1. The third kappa shape index (κ3) is 5.99. The molecule has 1 heterocycles. The van der Waals surface area contributed by atoms with Gasteiger partial charge in [0.1, 0.15) is 0 Å². The van der Waals surface area contributed by atoms with Crippen LogP contribution >= 0.6 is 0 Å². The fourth-order valence-corrected chi connectivity index (χ4v) is 3.48. The summed E-state index contributed by atoms with van der Waals surface area (Å²) < 4.78 is 0. The van der Waals surface area contributed by atoms with Gasteiger partial charge in [0.2, 0.25) is 0 Å². The Balaban J connectivity index is 2.05. The Kier molecular flexibility index (Phi) is 7.91. The summed E-state index contributed by atoms with van der Waals surface area (Å²) in [6, 6.07) is 9.64. The number of rotatable bonds is 7. The molecule has 5 heteroatoms. The fraction of sp³-hybridized carbons (Fsp3) is 0.667. The van der Waals surface area contributed by atoms with Crippen LogP contribution in [0.15, 0.2) is 29.3 Å². The molecule has 1 saturated heterocycles. The van der Waals surface area contributed by atoms with Crippen LogP contribution in [0.1, 0.15) is 38.8 Å². The van der Waals surface area contributed by atoms with Crippen LogP contribution in [0.5, 0.6) is 0 Å². The molecule has 2 N–H and O–H groups in total. The quantitative estimate of drug-likeness (QED) is 0.580. The smallest absolute Gasteiger partial charge is 0.191 e. The van der Waals surface area contributed by atoms with E-state index in [0.29, 0.717) is 24.5 Å². The van der Waals surface area contributed by atoms with E-state index in [1.54, 1.807) is 0 Å². The molecule has 1 fully saturated rings. The van der Waals surface area contributed by atoms with Gasteiger partial charge >= 0.3 is 0 Å². The Morgan fingerprint density at radius 3 is 2.50 bits per heavy atom. The second-order valence-corrected chi connectivity index (χ2v) is 7.98. The minimum Gasteiger partial charge on any atom is -0.357 e. The van der Waals surface area contributed by atoms with Crippen molar-refractivity contribution in [3.8, 4) is 0 Å². The topological polar surface area (TPSA) is 42.9 Å². The summed E-state index contributed by atoms with van der Waals surface area (Å²) in [7, 11) is 4.21. The van der Waals surface area contributed by atoms with E-state index in [2.05, 4.69) is 86.5 Å². The lowest BCUT2D eigenvalue weighted by molar-refractivity contribution is 0.265. The molecule has 26 heavy (non-hydrogen) atoms. The van der Waals surface area contributed by atoms with Crippen LogP contribution in [0.4, 0.5) is 0 Å². The number of hydrogen-bond acceptors (Lipinski definition) is 3. The van der Waals surface area contributed by atoms with Crippen LogP contribution in [0.3, 0.4) is 0 Å². The summed E-state index contributed by atoms with van der Waals surface area (Å²) in [6.45, 7) is 13.8. The number of likely N-dealkylation sites (tertiary alicyclic amines) is 1. The number of guanidine groups is 1. The van der Waals surface area contributed by atoms with Crippen molar-refractivity contribution in [2.45, 2.75) is 52.9 Å². The van der Waals surface area contributed by atoms with Crippen molar-refractivity contribution in [1.82, 2.24) is 20.4 Å². The largest absolute Gasteiger partial charge is 0.357 e. The maximum absolute atomic E-state index is 4.88. The molecular formula is C21H37N5. The van der Waals surface area contributed by atoms with Gasteiger partial charge in [0.15, 0.2) is 5.96 Å². The third-order valence-corrected chi connectivity index (χ3v) is 5.05. The summed E-state index contributed by atoms with van der Waals surface area (Å²) in [5.74, 6) is 1.55. The molecule has 2 atom stereocenters. The van der Waals surface area contributed by atoms with Crippen molar-refractivity contribution in [2.24, 2.45) is 10.9 Å². The van der Waals surface area contributed by atoms with Crippen LogP contribution in [0, 0.1) is 5.92 Å². The first-order valence-corrected chi connectivity index (χ1v) is 9.91. The molecule has 0 amide bonds. The van der Waals surface area contributed by atoms with Crippen molar-refractivity contribution in [1.29, 1.82) is 0 Å². The van der Waals surface area contributed by atoms with Gasteiger partial charge < -0.3 is 15.5 Å². The summed E-state index contributed by atoms with van der Waals surface area (Å²) in [6.07, 6.45) is 0. The normalized spacial score (nSPS) is 21.6. The molecule has 0 spiro atoms. The van der Waals surface area contributed by atoms with E-state index in [9.17, 15) is 0 Å². The van der Waals surface area contributed by atoms with Crippen LogP contribution in [-0.2, 0) is 13.1 Å². The average Bonchev–Trinajstić information content (AvgIpc) is 2.94. The molecule has 146 valence electrons. The van der Waals surface area contributed by atoms with Crippen molar-refractivity contribution < 1.29 is 0 Å². The highest BCUT2D eigenvalue weighted by atomic mass is 15.3. The zero-order chi connectivity index (χ0) is 19.1. The zero-order valence-electron chi connectivity index (χ0n) is 17.4. The minimum atomic E-state index is 0.451. The van der Waals surface area contributed by atoms with E-state index in [4.69, 9.17) is 4.99 Å². The molecule has 0 aliphatic carbocycles. The highest BCUT2D eigenvalue weighted by Gasteiger charge is 2.31. The molecule has 0 radical (unpaired) electrons. The van der Waals surface area contributed by atoms with E-state index in [-0.39, 0.29) is 0 Å². The maximum atomic E-state index is 4.88. The minimum absolute atomic E-state index is 0.451. The molecule has 0 saturated carbocycles. The molecule has 1 aliphatic rings. The molecule has 2 rings (SSSR count). The van der Waals surface area contributed by atoms with Crippen molar-refractivity contribution in [3.05, 3.63) is 35.4 Å². The van der Waals surface area contributed by atoms with Crippen LogP contribution < -0.4 is 10.6 Å². The molecule has 1 aromatic rings. The van der Waals surface area contributed by atoms with E-state index < -0.39 is 0 Å². The molecule has 2 unspecified atom stereocenters. The molecular weight excluding hydrogens is 322 g/mol. The van der Waals surface area contributed by atoms with E-state index in [1.807, 2.05) is 0 Å². The Bertz CT molecular complexity index is 582. The summed E-state index contributed by atoms with van der Waals surface area (Å²) in [4.78, 5) is 9.62. The third-order valence-electron chi connectivity index (χ3n) is 5.05. The van der Waals surface area contributed by atoms with Gasteiger partial charge in [-0.2, -0.15) is 0 Å². The van der Waals surface area contributed by atoms with E-state index >= 15 is 0 Å². The Labute approximate surface area is 159 Å². The Morgan fingerprint density at radius 1 is 1.23 bits per heavy atom. The number of aliphatic imine (C=N–C) groups is 1. The molecule has 5 nitrogen and oxygen atoms in total. The molecule has 0 bridgehead atoms. The lowest BCUT2D eigenvalue weighted by Crippen LogP contribution is -2.46. The lowest BCUT2D eigenvalue weighted by Gasteiger charge is -2.22. The number of nitrogens with zero attached hydrogens (tertiary/aromatic N) is 3. The van der Waals surface area contributed by atoms with Crippen molar-refractivity contribution >= 4 is 5.96 Å². The second-order valence-electron chi connectivity index (χ2n) is 7.98. The molecule has 0 aromatic heterocycles. The first-order chi connectivity index (χ1) is 12.4. The predicted molar refractivity (Wildman–Crippen MR) is 111 cm³/mol. The fourth-order valence-electron chi connectivity index (χ4n) is 3.48. The van der Waals surface area contributed by atoms with E-state index in [1.165, 1.54) is 11.1 Å². The molecule has 1 aromatic carbocycles. The van der Waals surface area contributed by atoms with Crippen LogP contribution in [-0.4, -0.2) is 61.6 Å². The summed E-state index contributed by atoms with van der Waals surface area (Å²) >= 11 is 0. The summed E-state index contributed by atoms with van der Waals surface area (Å²) in [5.41, 5.74) is 2.64. The molecule has 1 aliphatic heterocycles. The van der Waals surface area contributed by atoms with Crippen LogP contribution in [0.2, 0.25) is 0 Å². The first-order valence-electron chi connectivity index (χ1n) is 9.91. The second kappa shape index (κ2) is 9.93. The van der Waals surface area contributed by atoms with Gasteiger partial charge in [0.25, 0.3) is 0 Å². The average molecular weight is 360 g/mol. The van der Waals surface area contributed by atoms with E-state index in [0.717, 1.165) is 32.1 Å². The van der Waals surface area contributed by atoms with Gasteiger partial charge in [-0.25, -0.2) is 4.99 Å². The standard InChI is InChI=1S/C21H37N5/c1-7-22-21(24-20-15-26(16(2)3)13-17(20)4)23-12-18-10-8-9-11-19(18)14-25(5)6/h8-11,16-17,20H,7,12-15H2,1-6H3,(H2,22,23,24). The SMILES string of the molecule is CCNC(=NCc1ccccc1CN(C)C)NC1CN(C(C)C)CC1C. The van der Waals surface area contributed by atoms with Crippen LogP contribution in [0.25, 0.3) is 0 Å². The monoisotopic (exact) mass is 359 g/mol. The Hall–Kier alpha value is -1.59. The summed E-state index contributed by atoms with van der Waals surface area (Å²) in [5, 5.41) is 7.08.